The van der Waals surface area contributed by atoms with Gasteiger partial charge in [0.1, 0.15) is 16.5 Å². The molecule has 0 bridgehead atoms. The number of hydrogen-bond acceptors (Lipinski definition) is 4. The van der Waals surface area contributed by atoms with Crippen molar-refractivity contribution in [3.8, 4) is 11.4 Å². The third-order valence-corrected chi connectivity index (χ3v) is 1.86. The highest BCUT2D eigenvalue weighted by Gasteiger charge is 2.10. The number of aromatic nitrogens is 4. The van der Waals surface area contributed by atoms with Gasteiger partial charge < -0.3 is 5.73 Å². The molecule has 0 aromatic carbocycles. The van der Waals surface area contributed by atoms with Gasteiger partial charge >= 0.3 is 0 Å². The maximum Gasteiger partial charge on any atom is 0.148 e. The number of H-pyrrole nitrogens is 1. The molecule has 2 rings (SSSR count). The molecule has 0 saturated heterocycles. The zero-order valence-electron chi connectivity index (χ0n) is 6.53. The zero-order valence-corrected chi connectivity index (χ0v) is 7.28. The van der Waals surface area contributed by atoms with Crippen LogP contribution in [0.25, 0.3) is 11.4 Å². The van der Waals surface area contributed by atoms with E-state index in [9.17, 15) is 0 Å². The molecule has 0 atom stereocenters. The number of hydrogen-bond donors (Lipinski definition) is 2. The quantitative estimate of drug-likeness (QED) is 0.714. The Morgan fingerprint density at radius 1 is 1.46 bits per heavy atom. The van der Waals surface area contributed by atoms with E-state index in [2.05, 4.69) is 20.4 Å². The Balaban J connectivity index is 2.53. The molecule has 2 aromatic heterocycles. The van der Waals surface area contributed by atoms with Crippen molar-refractivity contribution in [2.75, 3.05) is 5.73 Å². The van der Waals surface area contributed by atoms with Crippen molar-refractivity contribution in [2.45, 2.75) is 0 Å². The minimum atomic E-state index is 0.320. The van der Waals surface area contributed by atoms with Crippen molar-refractivity contribution in [1.29, 1.82) is 0 Å². The molecule has 2 aromatic rings. The molecule has 66 valence electrons. The lowest BCUT2D eigenvalue weighted by atomic mass is 10.3. The zero-order chi connectivity index (χ0) is 9.26. The van der Waals surface area contributed by atoms with Crippen LogP contribution >= 0.6 is 11.6 Å². The first-order valence-electron chi connectivity index (χ1n) is 3.56. The van der Waals surface area contributed by atoms with E-state index < -0.39 is 0 Å². The van der Waals surface area contributed by atoms with Crippen LogP contribution in [0.15, 0.2) is 18.3 Å². The van der Waals surface area contributed by atoms with Gasteiger partial charge in [-0.1, -0.05) is 11.6 Å². The molecule has 13 heavy (non-hydrogen) atoms. The summed E-state index contributed by atoms with van der Waals surface area (Å²) in [5, 5.41) is 14.3. The fourth-order valence-corrected chi connectivity index (χ4v) is 1.08. The van der Waals surface area contributed by atoms with Crippen LogP contribution in [0.3, 0.4) is 0 Å². The van der Waals surface area contributed by atoms with E-state index in [1.54, 1.807) is 18.3 Å². The molecule has 0 unspecified atom stereocenters. The van der Waals surface area contributed by atoms with Crippen LogP contribution in [0.1, 0.15) is 0 Å². The average molecular weight is 196 g/mol. The predicted octanol–water partition coefficient (Wildman–Crippen LogP) is 1.10. The third-order valence-electron chi connectivity index (χ3n) is 1.57. The van der Waals surface area contributed by atoms with E-state index >= 15 is 0 Å². The highest BCUT2D eigenvalue weighted by atomic mass is 35.5. The molecule has 0 fully saturated rings. The summed E-state index contributed by atoms with van der Waals surface area (Å²) in [5.41, 5.74) is 7.16. The van der Waals surface area contributed by atoms with Gasteiger partial charge in [-0.25, -0.2) is 0 Å². The van der Waals surface area contributed by atoms with Crippen molar-refractivity contribution in [2.24, 2.45) is 0 Å². The van der Waals surface area contributed by atoms with Crippen molar-refractivity contribution in [1.82, 2.24) is 20.4 Å². The number of rotatable bonds is 1. The molecule has 0 aliphatic rings. The molecule has 2 heterocycles. The van der Waals surface area contributed by atoms with Crippen LogP contribution in [-0.4, -0.2) is 20.4 Å². The van der Waals surface area contributed by atoms with E-state index in [4.69, 9.17) is 17.3 Å². The van der Waals surface area contributed by atoms with Crippen LogP contribution in [0.5, 0.6) is 0 Å². The van der Waals surface area contributed by atoms with Crippen molar-refractivity contribution in [3.05, 3.63) is 23.5 Å². The number of nitrogens with one attached hydrogen (secondary N) is 1. The van der Waals surface area contributed by atoms with Gasteiger partial charge in [-0.3, -0.25) is 5.10 Å². The monoisotopic (exact) mass is 195 g/mol. The van der Waals surface area contributed by atoms with Crippen molar-refractivity contribution in [3.63, 3.8) is 0 Å². The maximum atomic E-state index is 5.69. The highest BCUT2D eigenvalue weighted by Crippen LogP contribution is 2.26. The molecule has 0 radical (unpaired) electrons. The first-order chi connectivity index (χ1) is 6.29. The topological polar surface area (TPSA) is 80.5 Å². The van der Waals surface area contributed by atoms with Crippen molar-refractivity contribution < 1.29 is 0 Å². The summed E-state index contributed by atoms with van der Waals surface area (Å²) in [6, 6.07) is 3.51. The summed E-state index contributed by atoms with van der Waals surface area (Å²) < 4.78 is 0. The molecule has 5 nitrogen and oxygen atoms in total. The normalized spacial score (nSPS) is 10.2. The molecular weight excluding hydrogens is 190 g/mol. The third kappa shape index (κ3) is 1.33. The molecule has 0 amide bonds. The summed E-state index contributed by atoms with van der Waals surface area (Å²) in [4.78, 5) is 0. The standard InChI is InChI=1S/C7H6ClN5/c8-7-5(9)6(12-13-7)4-2-1-3-10-11-4/h1-3H,9H2,(H,12,13). The predicted molar refractivity (Wildman–Crippen MR) is 49.0 cm³/mol. The Labute approximate surface area is 78.9 Å². The first kappa shape index (κ1) is 8.00. The van der Waals surface area contributed by atoms with Gasteiger partial charge in [-0.05, 0) is 12.1 Å². The van der Waals surface area contributed by atoms with E-state index in [0.29, 0.717) is 22.2 Å². The van der Waals surface area contributed by atoms with Gasteiger partial charge in [0.05, 0.1) is 5.69 Å². The molecule has 3 N–H and O–H groups in total. The Hall–Kier alpha value is -1.62. The summed E-state index contributed by atoms with van der Waals surface area (Å²) in [6.07, 6.45) is 1.58. The summed E-state index contributed by atoms with van der Waals surface area (Å²) >= 11 is 5.69. The van der Waals surface area contributed by atoms with E-state index in [-0.39, 0.29) is 0 Å². The molecule has 0 aliphatic heterocycles. The van der Waals surface area contributed by atoms with Gasteiger partial charge in [-0.15, -0.1) is 5.10 Å². The Kier molecular flexibility index (Phi) is 1.86. The number of halogens is 1. The second-order valence-corrected chi connectivity index (χ2v) is 2.79. The summed E-state index contributed by atoms with van der Waals surface area (Å²) in [7, 11) is 0. The Morgan fingerprint density at radius 3 is 2.85 bits per heavy atom. The number of aromatic amines is 1. The van der Waals surface area contributed by atoms with E-state index in [0.717, 1.165) is 0 Å². The lowest BCUT2D eigenvalue weighted by Gasteiger charge is -1.93. The molecule has 0 saturated carbocycles. The smallest absolute Gasteiger partial charge is 0.148 e. The van der Waals surface area contributed by atoms with Crippen LogP contribution in [0.4, 0.5) is 5.69 Å². The minimum Gasteiger partial charge on any atom is -0.394 e. The Morgan fingerprint density at radius 2 is 2.31 bits per heavy atom. The lowest BCUT2D eigenvalue weighted by molar-refractivity contribution is 1.02. The van der Waals surface area contributed by atoms with E-state index in [1.165, 1.54) is 0 Å². The fraction of sp³-hybridized carbons (Fsp3) is 0. The summed E-state index contributed by atoms with van der Waals surface area (Å²) in [5.74, 6) is 0. The number of nitrogen functional groups attached to an aromatic ring is 1. The highest BCUT2D eigenvalue weighted by molar-refractivity contribution is 6.32. The van der Waals surface area contributed by atoms with Gasteiger partial charge in [0.15, 0.2) is 0 Å². The number of nitrogens with two attached hydrogens (primary N) is 1. The SMILES string of the molecule is Nc1c(-c2cccnn2)n[nH]c1Cl. The molecule has 6 heteroatoms. The van der Waals surface area contributed by atoms with Crippen molar-refractivity contribution >= 4 is 17.3 Å². The van der Waals surface area contributed by atoms with Gasteiger partial charge in [0.2, 0.25) is 0 Å². The average Bonchev–Trinajstić information content (AvgIpc) is 2.49. The first-order valence-corrected chi connectivity index (χ1v) is 3.94. The molecule has 0 spiro atoms. The number of nitrogens with zero attached hydrogens (tertiary/aromatic N) is 3. The van der Waals surface area contributed by atoms with Gasteiger partial charge in [0, 0.05) is 6.20 Å². The second-order valence-electron chi connectivity index (χ2n) is 2.41. The van der Waals surface area contributed by atoms with Crippen LogP contribution in [0, 0.1) is 0 Å². The molecule has 0 aliphatic carbocycles. The second kappa shape index (κ2) is 3.02. The van der Waals surface area contributed by atoms with Crippen LogP contribution in [0.2, 0.25) is 5.15 Å². The van der Waals surface area contributed by atoms with E-state index in [1.807, 2.05) is 0 Å². The lowest BCUT2D eigenvalue weighted by Crippen LogP contribution is -1.90. The van der Waals surface area contributed by atoms with Crippen LogP contribution < -0.4 is 5.73 Å². The largest absolute Gasteiger partial charge is 0.394 e. The van der Waals surface area contributed by atoms with Gasteiger partial charge in [-0.2, -0.15) is 10.2 Å². The maximum absolute atomic E-state index is 5.69. The molecular formula is C7H6ClN5. The fourth-order valence-electron chi connectivity index (χ4n) is 0.952. The van der Waals surface area contributed by atoms with Crippen LogP contribution in [-0.2, 0) is 0 Å². The number of anilines is 1. The summed E-state index contributed by atoms with van der Waals surface area (Å²) in [6.45, 7) is 0. The van der Waals surface area contributed by atoms with Gasteiger partial charge in [0.25, 0.3) is 0 Å². The Bertz CT molecular complexity index is 410. The minimum absolute atomic E-state index is 0.320.